The van der Waals surface area contributed by atoms with Gasteiger partial charge in [-0.3, -0.25) is 4.98 Å². The maximum atomic E-state index is 4.81. The van der Waals surface area contributed by atoms with Crippen LogP contribution in [-0.4, -0.2) is 38.1 Å². The van der Waals surface area contributed by atoms with Gasteiger partial charge in [0.15, 0.2) is 0 Å². The van der Waals surface area contributed by atoms with E-state index in [1.807, 2.05) is 25.4 Å². The van der Waals surface area contributed by atoms with Crippen LogP contribution in [0.3, 0.4) is 0 Å². The van der Waals surface area contributed by atoms with Gasteiger partial charge in [-0.2, -0.15) is 0 Å². The molecule has 1 aliphatic rings. The van der Waals surface area contributed by atoms with Gasteiger partial charge in [0, 0.05) is 25.2 Å². The third-order valence-electron chi connectivity index (χ3n) is 5.15. The number of nitrogens with one attached hydrogen (secondary N) is 2. The average Bonchev–Trinajstić information content (AvgIpc) is 3.05. The lowest BCUT2D eigenvalue weighted by atomic mass is 10.0. The summed E-state index contributed by atoms with van der Waals surface area (Å²) in [6.07, 6.45) is 7.81. The van der Waals surface area contributed by atoms with E-state index in [-0.39, 0.29) is 0 Å². The highest BCUT2D eigenvalue weighted by atomic mass is 15.1. The molecule has 1 aromatic carbocycles. The molecule has 6 nitrogen and oxygen atoms in total. The largest absolute Gasteiger partial charge is 0.365 e. The van der Waals surface area contributed by atoms with Crippen molar-refractivity contribution in [3.63, 3.8) is 0 Å². The first kappa shape index (κ1) is 17.7. The van der Waals surface area contributed by atoms with Crippen LogP contribution in [0.2, 0.25) is 0 Å². The molecule has 0 spiro atoms. The highest BCUT2D eigenvalue weighted by Crippen LogP contribution is 2.22. The van der Waals surface area contributed by atoms with Gasteiger partial charge in [-0.15, -0.1) is 0 Å². The SMILES string of the molecule is Cc1ncc(-c2cncc(NC3CCC(C)NC3)n2)n1Cc1ccccc1. The molecule has 1 saturated heterocycles. The number of hydrogen-bond donors (Lipinski definition) is 2. The molecular weight excluding hydrogens is 336 g/mol. The summed E-state index contributed by atoms with van der Waals surface area (Å²) >= 11 is 0. The summed E-state index contributed by atoms with van der Waals surface area (Å²) in [6.45, 7) is 5.98. The molecule has 0 saturated carbocycles. The number of aromatic nitrogens is 4. The quantitative estimate of drug-likeness (QED) is 0.729. The Morgan fingerprint density at radius 3 is 2.78 bits per heavy atom. The summed E-state index contributed by atoms with van der Waals surface area (Å²) in [7, 11) is 0. The second kappa shape index (κ2) is 7.88. The molecule has 0 aliphatic carbocycles. The Balaban J connectivity index is 1.55. The van der Waals surface area contributed by atoms with E-state index in [0.29, 0.717) is 12.1 Å². The molecule has 1 fully saturated rings. The van der Waals surface area contributed by atoms with Crippen molar-refractivity contribution in [3.05, 3.63) is 60.3 Å². The molecule has 2 aromatic heterocycles. The summed E-state index contributed by atoms with van der Waals surface area (Å²) in [5.74, 6) is 1.79. The fourth-order valence-electron chi connectivity index (χ4n) is 3.53. The van der Waals surface area contributed by atoms with Crippen molar-refractivity contribution in [2.75, 3.05) is 11.9 Å². The molecule has 2 N–H and O–H groups in total. The van der Waals surface area contributed by atoms with Crippen LogP contribution in [0.15, 0.2) is 48.9 Å². The number of imidazole rings is 1. The Kier molecular flexibility index (Phi) is 5.16. The Morgan fingerprint density at radius 1 is 1.15 bits per heavy atom. The van der Waals surface area contributed by atoms with Gasteiger partial charge in [0.05, 0.1) is 24.3 Å². The smallest absolute Gasteiger partial charge is 0.145 e. The number of piperidine rings is 1. The average molecular weight is 362 g/mol. The zero-order chi connectivity index (χ0) is 18.6. The van der Waals surface area contributed by atoms with Crippen molar-refractivity contribution in [2.24, 2.45) is 0 Å². The monoisotopic (exact) mass is 362 g/mol. The van der Waals surface area contributed by atoms with E-state index in [0.717, 1.165) is 42.5 Å². The highest BCUT2D eigenvalue weighted by Gasteiger charge is 2.18. The molecule has 4 rings (SSSR count). The zero-order valence-corrected chi connectivity index (χ0v) is 15.9. The molecule has 27 heavy (non-hydrogen) atoms. The number of rotatable bonds is 5. The molecule has 2 atom stereocenters. The lowest BCUT2D eigenvalue weighted by Gasteiger charge is -2.28. The Morgan fingerprint density at radius 2 is 2.00 bits per heavy atom. The Bertz CT molecular complexity index is 881. The summed E-state index contributed by atoms with van der Waals surface area (Å²) in [6, 6.07) is 11.4. The van der Waals surface area contributed by atoms with E-state index in [9.17, 15) is 0 Å². The van der Waals surface area contributed by atoms with Gasteiger partial charge in [-0.25, -0.2) is 9.97 Å². The maximum absolute atomic E-state index is 4.81. The van der Waals surface area contributed by atoms with Gasteiger partial charge in [-0.05, 0) is 32.3 Å². The first-order chi connectivity index (χ1) is 13.2. The van der Waals surface area contributed by atoms with Crippen LogP contribution in [0.5, 0.6) is 0 Å². The molecule has 6 heteroatoms. The fraction of sp³-hybridized carbons (Fsp3) is 0.381. The minimum atomic E-state index is 0.390. The van der Waals surface area contributed by atoms with E-state index in [1.165, 1.54) is 12.0 Å². The first-order valence-electron chi connectivity index (χ1n) is 9.57. The molecule has 1 aliphatic heterocycles. The second-order valence-electron chi connectivity index (χ2n) is 7.28. The van der Waals surface area contributed by atoms with E-state index in [4.69, 9.17) is 4.98 Å². The standard InChI is InChI=1S/C21H26N6/c1-15-8-9-18(10-23-15)25-21-13-22-11-19(26-21)20-12-24-16(2)27(20)14-17-6-4-3-5-7-17/h3-7,11-13,15,18,23H,8-10,14H2,1-2H3,(H,25,26). The molecule has 0 bridgehead atoms. The zero-order valence-electron chi connectivity index (χ0n) is 15.9. The molecule has 3 aromatic rings. The number of aryl methyl sites for hydroxylation is 1. The van der Waals surface area contributed by atoms with Gasteiger partial charge >= 0.3 is 0 Å². The van der Waals surface area contributed by atoms with E-state index < -0.39 is 0 Å². The molecule has 2 unspecified atom stereocenters. The highest BCUT2D eigenvalue weighted by molar-refractivity contribution is 5.56. The Labute approximate surface area is 160 Å². The fourth-order valence-corrected chi connectivity index (χ4v) is 3.53. The van der Waals surface area contributed by atoms with Crippen LogP contribution >= 0.6 is 0 Å². The normalized spacial score (nSPS) is 19.8. The third kappa shape index (κ3) is 4.17. The predicted octanol–water partition coefficient (Wildman–Crippen LogP) is 3.25. The third-order valence-corrected chi connectivity index (χ3v) is 5.15. The van der Waals surface area contributed by atoms with Crippen LogP contribution in [0.25, 0.3) is 11.4 Å². The molecule has 140 valence electrons. The van der Waals surface area contributed by atoms with Crippen molar-refractivity contribution < 1.29 is 0 Å². The maximum Gasteiger partial charge on any atom is 0.145 e. The Hall–Kier alpha value is -2.73. The van der Waals surface area contributed by atoms with Crippen molar-refractivity contribution in [2.45, 2.75) is 45.3 Å². The lowest BCUT2D eigenvalue weighted by Crippen LogP contribution is -2.43. The van der Waals surface area contributed by atoms with Gasteiger partial charge in [0.2, 0.25) is 0 Å². The van der Waals surface area contributed by atoms with Crippen LogP contribution in [-0.2, 0) is 6.54 Å². The van der Waals surface area contributed by atoms with Crippen LogP contribution in [0.4, 0.5) is 5.82 Å². The number of benzene rings is 1. The van der Waals surface area contributed by atoms with Gasteiger partial charge in [0.1, 0.15) is 17.3 Å². The van der Waals surface area contributed by atoms with Crippen LogP contribution in [0.1, 0.15) is 31.2 Å². The second-order valence-corrected chi connectivity index (χ2v) is 7.28. The van der Waals surface area contributed by atoms with Crippen molar-refractivity contribution >= 4 is 5.82 Å². The van der Waals surface area contributed by atoms with Crippen molar-refractivity contribution in [1.29, 1.82) is 0 Å². The molecule has 0 amide bonds. The van der Waals surface area contributed by atoms with E-state index in [2.05, 4.69) is 56.4 Å². The van der Waals surface area contributed by atoms with Crippen molar-refractivity contribution in [3.8, 4) is 11.4 Å². The van der Waals surface area contributed by atoms with Gasteiger partial charge < -0.3 is 15.2 Å². The number of anilines is 1. The van der Waals surface area contributed by atoms with E-state index in [1.54, 1.807) is 6.20 Å². The molecule has 0 radical (unpaired) electrons. The number of hydrogen-bond acceptors (Lipinski definition) is 5. The summed E-state index contributed by atoms with van der Waals surface area (Å²) in [4.78, 5) is 13.7. The van der Waals surface area contributed by atoms with Crippen molar-refractivity contribution in [1.82, 2.24) is 24.8 Å². The van der Waals surface area contributed by atoms with Crippen LogP contribution in [0, 0.1) is 6.92 Å². The molecule has 3 heterocycles. The minimum absolute atomic E-state index is 0.390. The lowest BCUT2D eigenvalue weighted by molar-refractivity contribution is 0.398. The van der Waals surface area contributed by atoms with Gasteiger partial charge in [-0.1, -0.05) is 30.3 Å². The van der Waals surface area contributed by atoms with E-state index >= 15 is 0 Å². The summed E-state index contributed by atoms with van der Waals surface area (Å²) in [5, 5.41) is 7.04. The predicted molar refractivity (Wildman–Crippen MR) is 108 cm³/mol. The summed E-state index contributed by atoms with van der Waals surface area (Å²) < 4.78 is 2.19. The van der Waals surface area contributed by atoms with Gasteiger partial charge in [0.25, 0.3) is 0 Å². The minimum Gasteiger partial charge on any atom is -0.365 e. The first-order valence-corrected chi connectivity index (χ1v) is 9.57. The molecular formula is C21H26N6. The van der Waals surface area contributed by atoms with Crippen LogP contribution < -0.4 is 10.6 Å². The summed E-state index contributed by atoms with van der Waals surface area (Å²) in [5.41, 5.74) is 3.07. The topological polar surface area (TPSA) is 67.7 Å². The number of nitrogens with zero attached hydrogens (tertiary/aromatic N) is 4.